The van der Waals surface area contributed by atoms with E-state index in [0.29, 0.717) is 6.42 Å². The minimum absolute atomic E-state index is 0.236. The molecule has 0 amide bonds. The van der Waals surface area contributed by atoms with Crippen molar-refractivity contribution in [3.8, 4) is 0 Å². The molecule has 0 spiro atoms. The van der Waals surface area contributed by atoms with Crippen LogP contribution in [0.2, 0.25) is 0 Å². The van der Waals surface area contributed by atoms with Crippen LogP contribution in [0.1, 0.15) is 24.8 Å². The van der Waals surface area contributed by atoms with E-state index < -0.39 is 5.97 Å². The van der Waals surface area contributed by atoms with Crippen LogP contribution < -0.4 is 0 Å². The zero-order chi connectivity index (χ0) is 12.8. The van der Waals surface area contributed by atoms with Crippen LogP contribution >= 0.6 is 0 Å². The number of hydrogen-bond acceptors (Lipinski definition) is 1. The first kappa shape index (κ1) is 12.4. The molecule has 92 valence electrons. The van der Waals surface area contributed by atoms with Gasteiger partial charge in [0.2, 0.25) is 0 Å². The fourth-order valence-corrected chi connectivity index (χ4v) is 1.98. The van der Waals surface area contributed by atoms with Gasteiger partial charge < -0.3 is 5.11 Å². The third kappa shape index (κ3) is 3.20. The number of fused-ring (bicyclic) bond motifs is 1. The first-order chi connectivity index (χ1) is 8.77. The van der Waals surface area contributed by atoms with Crippen molar-refractivity contribution in [1.82, 2.24) is 0 Å². The largest absolute Gasteiger partial charge is 0.481 e. The summed E-state index contributed by atoms with van der Waals surface area (Å²) in [6.45, 7) is 0. The molecule has 0 fully saturated rings. The lowest BCUT2D eigenvalue weighted by Gasteiger charge is -2.01. The van der Waals surface area contributed by atoms with Crippen molar-refractivity contribution in [2.75, 3.05) is 0 Å². The molecule has 0 heterocycles. The molecule has 0 aliphatic heterocycles. The van der Waals surface area contributed by atoms with Gasteiger partial charge in [0.15, 0.2) is 0 Å². The first-order valence-electron chi connectivity index (χ1n) is 6.13. The van der Waals surface area contributed by atoms with Gasteiger partial charge >= 0.3 is 5.97 Å². The summed E-state index contributed by atoms with van der Waals surface area (Å²) in [5, 5.41) is 11.0. The van der Waals surface area contributed by atoms with Crippen LogP contribution in [0.3, 0.4) is 0 Å². The second-order valence-corrected chi connectivity index (χ2v) is 4.26. The van der Waals surface area contributed by atoms with Gasteiger partial charge in [0.05, 0.1) is 0 Å². The number of benzene rings is 2. The van der Waals surface area contributed by atoms with E-state index in [1.807, 2.05) is 24.3 Å². The van der Waals surface area contributed by atoms with Gasteiger partial charge in [-0.25, -0.2) is 0 Å². The smallest absolute Gasteiger partial charge is 0.303 e. The van der Waals surface area contributed by atoms with Gasteiger partial charge in [-0.2, -0.15) is 0 Å². The molecule has 0 aliphatic carbocycles. The summed E-state index contributed by atoms with van der Waals surface area (Å²) in [4.78, 5) is 10.4. The maximum atomic E-state index is 10.4. The molecule has 2 heteroatoms. The number of unbranched alkanes of at least 4 members (excludes halogenated alkanes) is 1. The van der Waals surface area contributed by atoms with Gasteiger partial charge in [0.1, 0.15) is 0 Å². The van der Waals surface area contributed by atoms with Crippen molar-refractivity contribution in [2.45, 2.75) is 19.3 Å². The van der Waals surface area contributed by atoms with Crippen LogP contribution in [0.5, 0.6) is 0 Å². The molecule has 2 rings (SSSR count). The molecule has 0 unspecified atom stereocenters. The standard InChI is InChI=1S/C16H16O2/c17-16(18)12-3-1-2-7-13-9-6-10-14-8-4-5-11-15(13)14/h2,4-11H,1,3,12H2,(H,17,18). The molecule has 0 radical (unpaired) electrons. The van der Waals surface area contributed by atoms with Crippen molar-refractivity contribution >= 4 is 22.8 Å². The Kier molecular flexibility index (Phi) is 4.13. The van der Waals surface area contributed by atoms with E-state index in [2.05, 4.69) is 30.3 Å². The predicted molar refractivity (Wildman–Crippen MR) is 74.5 cm³/mol. The van der Waals surface area contributed by atoms with Crippen LogP contribution in [0, 0.1) is 0 Å². The molecule has 2 aromatic rings. The molecular weight excluding hydrogens is 224 g/mol. The molecular formula is C16H16O2. The van der Waals surface area contributed by atoms with Crippen LogP contribution in [0.4, 0.5) is 0 Å². The van der Waals surface area contributed by atoms with Crippen LogP contribution in [0.25, 0.3) is 16.8 Å². The van der Waals surface area contributed by atoms with Gasteiger partial charge in [0, 0.05) is 6.42 Å². The highest BCUT2D eigenvalue weighted by molar-refractivity contribution is 5.90. The number of carbonyl (C=O) groups is 1. The number of carboxylic acids is 1. The average molecular weight is 240 g/mol. The van der Waals surface area contributed by atoms with E-state index in [1.54, 1.807) is 0 Å². The summed E-state index contributed by atoms with van der Waals surface area (Å²) < 4.78 is 0. The normalized spacial score (nSPS) is 11.1. The van der Waals surface area contributed by atoms with Gasteiger partial charge in [-0.05, 0) is 29.2 Å². The molecule has 0 atom stereocenters. The monoisotopic (exact) mass is 240 g/mol. The van der Waals surface area contributed by atoms with Crippen LogP contribution in [-0.2, 0) is 4.79 Å². The zero-order valence-electron chi connectivity index (χ0n) is 10.2. The van der Waals surface area contributed by atoms with Crippen LogP contribution in [0.15, 0.2) is 48.5 Å². The fraction of sp³-hybridized carbons (Fsp3) is 0.188. The van der Waals surface area contributed by atoms with E-state index in [1.165, 1.54) is 16.3 Å². The maximum Gasteiger partial charge on any atom is 0.303 e. The highest BCUT2D eigenvalue weighted by Crippen LogP contribution is 2.19. The van der Waals surface area contributed by atoms with E-state index in [9.17, 15) is 4.79 Å². The Hall–Kier alpha value is -2.09. The summed E-state index contributed by atoms with van der Waals surface area (Å²) in [5.41, 5.74) is 1.18. The minimum Gasteiger partial charge on any atom is -0.481 e. The van der Waals surface area contributed by atoms with Crippen LogP contribution in [-0.4, -0.2) is 11.1 Å². The highest BCUT2D eigenvalue weighted by Gasteiger charge is 1.96. The number of carboxylic acid groups (broad SMARTS) is 1. The lowest BCUT2D eigenvalue weighted by molar-refractivity contribution is -0.137. The Bertz CT molecular complexity index is 565. The highest BCUT2D eigenvalue weighted by atomic mass is 16.4. The van der Waals surface area contributed by atoms with Gasteiger partial charge in [-0.1, -0.05) is 54.6 Å². The van der Waals surface area contributed by atoms with Crippen molar-refractivity contribution in [3.05, 3.63) is 54.1 Å². The molecule has 0 bridgehead atoms. The van der Waals surface area contributed by atoms with Crippen molar-refractivity contribution in [1.29, 1.82) is 0 Å². The first-order valence-corrected chi connectivity index (χ1v) is 6.13. The Morgan fingerprint density at radius 3 is 2.72 bits per heavy atom. The summed E-state index contributed by atoms with van der Waals surface area (Å²) in [6, 6.07) is 14.5. The SMILES string of the molecule is O=C(O)CCCC=Cc1cccc2ccccc12. The number of rotatable bonds is 5. The van der Waals surface area contributed by atoms with Crippen molar-refractivity contribution in [2.24, 2.45) is 0 Å². The third-order valence-corrected chi connectivity index (χ3v) is 2.88. The molecule has 2 nitrogen and oxygen atoms in total. The predicted octanol–water partition coefficient (Wildman–Crippen LogP) is 4.11. The molecule has 1 N–H and O–H groups in total. The summed E-state index contributed by atoms with van der Waals surface area (Å²) in [7, 11) is 0. The van der Waals surface area contributed by atoms with E-state index in [-0.39, 0.29) is 6.42 Å². The number of hydrogen-bond donors (Lipinski definition) is 1. The van der Waals surface area contributed by atoms with Crippen molar-refractivity contribution < 1.29 is 9.90 Å². The second-order valence-electron chi connectivity index (χ2n) is 4.26. The summed E-state index contributed by atoms with van der Waals surface area (Å²) in [5.74, 6) is -0.728. The molecule has 0 aromatic heterocycles. The Labute approximate surface area is 107 Å². The Morgan fingerprint density at radius 1 is 1.11 bits per heavy atom. The number of aliphatic carboxylic acids is 1. The maximum absolute atomic E-state index is 10.4. The number of allylic oxidation sites excluding steroid dienone is 1. The third-order valence-electron chi connectivity index (χ3n) is 2.88. The van der Waals surface area contributed by atoms with E-state index >= 15 is 0 Å². The van der Waals surface area contributed by atoms with Gasteiger partial charge in [0.25, 0.3) is 0 Å². The second kappa shape index (κ2) is 6.01. The molecule has 18 heavy (non-hydrogen) atoms. The summed E-state index contributed by atoms with van der Waals surface area (Å²) >= 11 is 0. The van der Waals surface area contributed by atoms with Crippen molar-refractivity contribution in [3.63, 3.8) is 0 Å². The topological polar surface area (TPSA) is 37.3 Å². The minimum atomic E-state index is -0.728. The molecule has 0 saturated carbocycles. The van der Waals surface area contributed by atoms with Gasteiger partial charge in [-0.3, -0.25) is 4.79 Å². The Morgan fingerprint density at radius 2 is 1.89 bits per heavy atom. The lowest BCUT2D eigenvalue weighted by Crippen LogP contribution is -1.92. The lowest BCUT2D eigenvalue weighted by atomic mass is 10.0. The fourth-order valence-electron chi connectivity index (χ4n) is 1.98. The van der Waals surface area contributed by atoms with E-state index in [0.717, 1.165) is 6.42 Å². The molecule has 0 saturated heterocycles. The molecule has 0 aliphatic rings. The Balaban J connectivity index is 2.07. The summed E-state index contributed by atoms with van der Waals surface area (Å²) in [6.07, 6.45) is 5.85. The quantitative estimate of drug-likeness (QED) is 0.798. The molecule has 2 aromatic carbocycles. The zero-order valence-corrected chi connectivity index (χ0v) is 10.2. The average Bonchev–Trinajstić information content (AvgIpc) is 2.38. The van der Waals surface area contributed by atoms with E-state index in [4.69, 9.17) is 5.11 Å². The van der Waals surface area contributed by atoms with Gasteiger partial charge in [-0.15, -0.1) is 0 Å².